The molecule has 0 amide bonds. The van der Waals surface area contributed by atoms with Crippen molar-refractivity contribution in [3.8, 4) is 50.6 Å². The lowest BCUT2D eigenvalue weighted by molar-refractivity contribution is 1.18. The van der Waals surface area contributed by atoms with E-state index in [9.17, 15) is 0 Å². The maximum absolute atomic E-state index is 5.23. The molecule has 2 aromatic heterocycles. The topological polar surface area (TPSA) is 30.7 Å². The van der Waals surface area contributed by atoms with Crippen LogP contribution in [0.5, 0.6) is 0 Å². The number of fused-ring (bicyclic) bond motifs is 7. The summed E-state index contributed by atoms with van der Waals surface area (Å²) < 4.78 is 2.36. The van der Waals surface area contributed by atoms with Gasteiger partial charge in [-0.2, -0.15) is 0 Å². The molecule has 9 aromatic rings. The van der Waals surface area contributed by atoms with Crippen LogP contribution in [0.25, 0.3) is 94.1 Å². The van der Waals surface area contributed by atoms with Gasteiger partial charge in [-0.3, -0.25) is 0 Å². The smallest absolute Gasteiger partial charge is 0.161 e. The van der Waals surface area contributed by atoms with Crippen LogP contribution in [0.3, 0.4) is 0 Å². The molecule has 0 spiro atoms. The Morgan fingerprint density at radius 1 is 0.400 bits per heavy atom. The van der Waals surface area contributed by atoms with E-state index in [1.165, 1.54) is 60.7 Å². The van der Waals surface area contributed by atoms with Crippen LogP contribution in [0.15, 0.2) is 152 Å². The minimum absolute atomic E-state index is 0.760. The largest absolute Gasteiger partial charge is 0.309 e. The van der Waals surface area contributed by atoms with Crippen molar-refractivity contribution < 1.29 is 0 Å². The zero-order valence-corrected chi connectivity index (χ0v) is 24.3. The van der Waals surface area contributed by atoms with Crippen molar-refractivity contribution in [3.05, 3.63) is 152 Å². The molecule has 0 unspecified atom stereocenters. The Morgan fingerprint density at radius 2 is 1.07 bits per heavy atom. The fraction of sp³-hybridized carbons (Fsp3) is 0. The van der Waals surface area contributed by atoms with Crippen LogP contribution in [-0.2, 0) is 0 Å². The van der Waals surface area contributed by atoms with Crippen molar-refractivity contribution in [1.29, 1.82) is 0 Å². The summed E-state index contributed by atoms with van der Waals surface area (Å²) in [6.45, 7) is 0. The fourth-order valence-electron chi connectivity index (χ4n) is 7.39. The van der Waals surface area contributed by atoms with E-state index >= 15 is 0 Å². The third-order valence-corrected chi connectivity index (χ3v) is 9.36. The number of nitrogens with zero attached hydrogens (tertiary/aromatic N) is 3. The van der Waals surface area contributed by atoms with Crippen LogP contribution in [0.2, 0.25) is 0 Å². The highest BCUT2D eigenvalue weighted by molar-refractivity contribution is 6.15. The average molecular weight is 572 g/mol. The minimum Gasteiger partial charge on any atom is -0.309 e. The predicted molar refractivity (Wildman–Crippen MR) is 187 cm³/mol. The molecule has 0 saturated heterocycles. The normalized spacial score (nSPS) is 12.0. The summed E-state index contributed by atoms with van der Waals surface area (Å²) in [7, 11) is 0. The van der Waals surface area contributed by atoms with Gasteiger partial charge in [0.15, 0.2) is 5.82 Å². The van der Waals surface area contributed by atoms with Gasteiger partial charge in [-0.25, -0.2) is 9.97 Å². The molecule has 0 atom stereocenters. The van der Waals surface area contributed by atoms with Crippen molar-refractivity contribution in [2.75, 3.05) is 0 Å². The van der Waals surface area contributed by atoms with Crippen molar-refractivity contribution >= 4 is 43.5 Å². The minimum atomic E-state index is 0.760. The Morgan fingerprint density at radius 3 is 1.93 bits per heavy atom. The predicted octanol–water partition coefficient (Wildman–Crippen LogP) is 10.9. The number of hydrogen-bond acceptors (Lipinski definition) is 2. The van der Waals surface area contributed by atoms with Crippen LogP contribution in [0.1, 0.15) is 0 Å². The molecule has 0 radical (unpaired) electrons. The van der Waals surface area contributed by atoms with E-state index in [1.807, 2.05) is 0 Å². The molecule has 7 aromatic carbocycles. The van der Waals surface area contributed by atoms with Crippen molar-refractivity contribution in [3.63, 3.8) is 0 Å². The van der Waals surface area contributed by atoms with Gasteiger partial charge in [0.2, 0.25) is 0 Å². The third kappa shape index (κ3) is 3.46. The van der Waals surface area contributed by atoms with E-state index in [0.717, 1.165) is 33.4 Å². The van der Waals surface area contributed by atoms with Crippen LogP contribution < -0.4 is 0 Å². The number of hydrogen-bond donors (Lipinski definition) is 0. The third-order valence-electron chi connectivity index (χ3n) is 9.36. The van der Waals surface area contributed by atoms with Gasteiger partial charge in [0, 0.05) is 33.0 Å². The lowest BCUT2D eigenvalue weighted by atomic mass is 9.93. The monoisotopic (exact) mass is 571 g/mol. The van der Waals surface area contributed by atoms with E-state index < -0.39 is 0 Å². The second kappa shape index (κ2) is 9.22. The van der Waals surface area contributed by atoms with E-state index in [0.29, 0.717) is 0 Å². The number of para-hydroxylation sites is 2. The van der Waals surface area contributed by atoms with Crippen molar-refractivity contribution in [2.45, 2.75) is 0 Å². The molecule has 0 saturated carbocycles. The standard InChI is InChI=1S/C42H25N3/c1-2-11-27(12-3-1)45-38-20-9-8-16-32(38)36-25-26(21-24-39(36)45)28-22-23-35(30-14-5-4-13-29(28)30)42-43-37-19-10-18-33-31-15-6-7-17-34(31)41(44-42)40(33)37/h1-25H. The number of aromatic nitrogens is 3. The molecular weight excluding hydrogens is 546 g/mol. The second-order valence-corrected chi connectivity index (χ2v) is 11.8. The molecule has 3 nitrogen and oxygen atoms in total. The Kier molecular flexibility index (Phi) is 5.00. The highest BCUT2D eigenvalue weighted by atomic mass is 15.0. The first-order chi connectivity index (χ1) is 22.3. The Labute approximate surface area is 259 Å². The highest BCUT2D eigenvalue weighted by Crippen LogP contribution is 2.47. The summed E-state index contributed by atoms with van der Waals surface area (Å²) >= 11 is 0. The molecule has 208 valence electrons. The first kappa shape index (κ1) is 24.4. The van der Waals surface area contributed by atoms with E-state index in [2.05, 4.69) is 156 Å². The Balaban J connectivity index is 1.18. The number of benzene rings is 7. The number of rotatable bonds is 3. The zero-order valence-electron chi connectivity index (χ0n) is 24.3. The molecule has 0 bridgehead atoms. The van der Waals surface area contributed by atoms with Gasteiger partial charge in [-0.05, 0) is 75.5 Å². The van der Waals surface area contributed by atoms with Gasteiger partial charge < -0.3 is 4.57 Å². The van der Waals surface area contributed by atoms with E-state index in [-0.39, 0.29) is 0 Å². The van der Waals surface area contributed by atoms with E-state index in [4.69, 9.17) is 9.97 Å². The van der Waals surface area contributed by atoms with Crippen LogP contribution in [0.4, 0.5) is 0 Å². The summed E-state index contributed by atoms with van der Waals surface area (Å²) in [6, 6.07) is 54.2. The Bertz CT molecular complexity index is 2650. The molecule has 0 aliphatic heterocycles. The second-order valence-electron chi connectivity index (χ2n) is 11.8. The van der Waals surface area contributed by atoms with Crippen molar-refractivity contribution in [1.82, 2.24) is 14.5 Å². The lowest BCUT2D eigenvalue weighted by Gasteiger charge is -2.13. The molecule has 3 heteroatoms. The highest BCUT2D eigenvalue weighted by Gasteiger charge is 2.24. The quantitative estimate of drug-likeness (QED) is 0.211. The van der Waals surface area contributed by atoms with Gasteiger partial charge in [-0.1, -0.05) is 109 Å². The van der Waals surface area contributed by atoms with Crippen molar-refractivity contribution in [2.24, 2.45) is 0 Å². The molecule has 1 aliphatic rings. The SMILES string of the molecule is c1ccc(-n2c3ccccc3c3cc(-c4ccc(-c5nc6c7c(cccc7n5)-c5ccccc5-6)c5ccccc45)ccc32)cc1. The van der Waals surface area contributed by atoms with Gasteiger partial charge in [0.25, 0.3) is 0 Å². The van der Waals surface area contributed by atoms with Gasteiger partial charge >= 0.3 is 0 Å². The van der Waals surface area contributed by atoms with Gasteiger partial charge in [0.05, 0.1) is 22.2 Å². The van der Waals surface area contributed by atoms with Gasteiger partial charge in [-0.15, -0.1) is 0 Å². The molecular formula is C42H25N3. The lowest BCUT2D eigenvalue weighted by Crippen LogP contribution is -1.95. The maximum atomic E-state index is 5.23. The van der Waals surface area contributed by atoms with Crippen LogP contribution >= 0.6 is 0 Å². The maximum Gasteiger partial charge on any atom is 0.161 e. The fourth-order valence-corrected chi connectivity index (χ4v) is 7.39. The van der Waals surface area contributed by atoms with E-state index in [1.54, 1.807) is 0 Å². The summed E-state index contributed by atoms with van der Waals surface area (Å²) in [4.78, 5) is 10.4. The first-order valence-electron chi connectivity index (χ1n) is 15.4. The van der Waals surface area contributed by atoms with Gasteiger partial charge in [0.1, 0.15) is 0 Å². The molecule has 0 fully saturated rings. The molecule has 1 aliphatic carbocycles. The summed E-state index contributed by atoms with van der Waals surface area (Å²) in [5.41, 5.74) is 12.6. The molecule has 45 heavy (non-hydrogen) atoms. The summed E-state index contributed by atoms with van der Waals surface area (Å²) in [5, 5.41) is 5.98. The summed E-state index contributed by atoms with van der Waals surface area (Å²) in [6.07, 6.45) is 0. The zero-order chi connectivity index (χ0) is 29.5. The average Bonchev–Trinajstić information content (AvgIpc) is 3.61. The van der Waals surface area contributed by atoms with Crippen LogP contribution in [-0.4, -0.2) is 14.5 Å². The van der Waals surface area contributed by atoms with Crippen LogP contribution in [0, 0.1) is 0 Å². The molecule has 0 N–H and O–H groups in total. The Hall–Kier alpha value is -6.06. The first-order valence-corrected chi connectivity index (χ1v) is 15.4. The molecule has 2 heterocycles. The summed E-state index contributed by atoms with van der Waals surface area (Å²) in [5.74, 6) is 0.760. The molecule has 10 rings (SSSR count).